The van der Waals surface area contributed by atoms with Crippen LogP contribution in [0, 0.1) is 0 Å². The van der Waals surface area contributed by atoms with Gasteiger partial charge in [-0.15, -0.1) is 0 Å². The van der Waals surface area contributed by atoms with Gasteiger partial charge in [0.2, 0.25) is 0 Å². The quantitative estimate of drug-likeness (QED) is 0.321. The van der Waals surface area contributed by atoms with E-state index in [1.807, 2.05) is 0 Å². The van der Waals surface area contributed by atoms with E-state index < -0.39 is 0 Å². The van der Waals surface area contributed by atoms with E-state index in [2.05, 4.69) is 12.6 Å². The topological polar surface area (TPSA) is 40.5 Å². The zero-order valence-electron chi connectivity index (χ0n) is 4.66. The third-order valence-electron chi connectivity index (χ3n) is 0.723. The van der Waals surface area contributed by atoms with Crippen LogP contribution in [0.4, 0.5) is 0 Å². The van der Waals surface area contributed by atoms with Crippen LogP contribution in [0.3, 0.4) is 0 Å². The smallest absolute Gasteiger partial charge is 0.255 e. The average Bonchev–Trinajstić information content (AvgIpc) is 1.84. The molecule has 1 amide bonds. The minimum Gasteiger partial charge on any atom is -0.286 e. The van der Waals surface area contributed by atoms with Crippen LogP contribution in [-0.2, 0) is 4.79 Å². The van der Waals surface area contributed by atoms with Crippen LogP contribution in [0.25, 0.3) is 0 Å². The fourth-order valence-corrected chi connectivity index (χ4v) is 0.421. The molecule has 0 aliphatic rings. The lowest BCUT2D eigenvalue weighted by Gasteiger charge is -2.08. The molecule has 48 valence electrons. The lowest BCUT2D eigenvalue weighted by atomic mass is 10.6. The van der Waals surface area contributed by atoms with Gasteiger partial charge in [-0.05, 0) is 6.92 Å². The summed E-state index contributed by atoms with van der Waals surface area (Å²) >= 11 is 3.66. The van der Waals surface area contributed by atoms with E-state index in [1.54, 1.807) is 6.92 Å². The van der Waals surface area contributed by atoms with Gasteiger partial charge >= 0.3 is 0 Å². The maximum Gasteiger partial charge on any atom is 0.255 e. The summed E-state index contributed by atoms with van der Waals surface area (Å²) < 4.78 is 0. The number of carbonyl (C=O) groups is 1. The molecule has 0 heterocycles. The van der Waals surface area contributed by atoms with E-state index >= 15 is 0 Å². The Morgan fingerprint density at radius 2 is 2.38 bits per heavy atom. The molecule has 1 N–H and O–H groups in total. The Morgan fingerprint density at radius 1 is 1.88 bits per heavy atom. The molecule has 0 unspecified atom stereocenters. The molecule has 0 spiro atoms. The highest BCUT2D eigenvalue weighted by Gasteiger charge is 2.02. The number of thiol groups is 1. The van der Waals surface area contributed by atoms with Gasteiger partial charge in [0.05, 0.1) is 5.75 Å². The maximum absolute atomic E-state index is 10.3. The maximum atomic E-state index is 10.3. The molecule has 0 saturated carbocycles. The molecule has 0 rings (SSSR count). The van der Waals surface area contributed by atoms with Crippen LogP contribution in [0.1, 0.15) is 6.92 Å². The summed E-state index contributed by atoms with van der Waals surface area (Å²) in [6.45, 7) is 2.00. The molecular weight excluding hydrogens is 126 g/mol. The Bertz CT molecular complexity index is 86.1. The largest absolute Gasteiger partial charge is 0.286 e. The zero-order valence-corrected chi connectivity index (χ0v) is 5.56. The predicted octanol–water partition coefficient (Wildman–Crippen LogP) is 0.154. The molecule has 0 aliphatic heterocycles. The molecule has 0 aromatic heterocycles. The van der Waals surface area contributed by atoms with E-state index in [4.69, 9.17) is 5.21 Å². The third kappa shape index (κ3) is 2.18. The van der Waals surface area contributed by atoms with Crippen molar-refractivity contribution >= 4 is 18.5 Å². The lowest BCUT2D eigenvalue weighted by Crippen LogP contribution is -2.27. The Morgan fingerprint density at radius 3 is 2.50 bits per heavy atom. The van der Waals surface area contributed by atoms with Crippen molar-refractivity contribution in [2.45, 2.75) is 6.92 Å². The highest BCUT2D eigenvalue weighted by Crippen LogP contribution is 1.84. The molecule has 0 aromatic carbocycles. The Kier molecular flexibility index (Phi) is 3.64. The first-order valence-corrected chi connectivity index (χ1v) is 2.95. The van der Waals surface area contributed by atoms with Crippen LogP contribution in [0.15, 0.2) is 0 Å². The fourth-order valence-electron chi connectivity index (χ4n) is 0.258. The van der Waals surface area contributed by atoms with Crippen molar-refractivity contribution < 1.29 is 10.0 Å². The van der Waals surface area contributed by atoms with Crippen molar-refractivity contribution in [1.29, 1.82) is 0 Å². The van der Waals surface area contributed by atoms with Gasteiger partial charge in [0.25, 0.3) is 5.91 Å². The van der Waals surface area contributed by atoms with E-state index in [0.717, 1.165) is 0 Å². The van der Waals surface area contributed by atoms with Gasteiger partial charge in [-0.2, -0.15) is 12.6 Å². The van der Waals surface area contributed by atoms with E-state index in [0.29, 0.717) is 11.6 Å². The van der Waals surface area contributed by atoms with Crippen molar-refractivity contribution in [3.8, 4) is 0 Å². The number of carbonyl (C=O) groups excluding carboxylic acids is 1. The number of hydrogen-bond donors (Lipinski definition) is 2. The highest BCUT2D eigenvalue weighted by atomic mass is 32.1. The second kappa shape index (κ2) is 3.74. The number of nitrogens with zero attached hydrogens (tertiary/aromatic N) is 1. The van der Waals surface area contributed by atoms with Gasteiger partial charge in [-0.1, -0.05) is 0 Å². The van der Waals surface area contributed by atoms with Crippen molar-refractivity contribution in [3.63, 3.8) is 0 Å². The highest BCUT2D eigenvalue weighted by molar-refractivity contribution is 7.81. The second-order valence-corrected chi connectivity index (χ2v) is 1.58. The molecule has 0 radical (unpaired) electrons. The Hall–Kier alpha value is -0.220. The third-order valence-corrected chi connectivity index (χ3v) is 0.993. The summed E-state index contributed by atoms with van der Waals surface area (Å²) in [5, 5.41) is 9.19. The van der Waals surface area contributed by atoms with Gasteiger partial charge in [-0.25, -0.2) is 5.06 Å². The summed E-state index contributed by atoms with van der Waals surface area (Å²) in [4.78, 5) is 10.3. The molecule has 0 aromatic rings. The zero-order chi connectivity index (χ0) is 6.57. The standard InChI is InChI=1S/C4H9NO2S/c1-2-5(7)4(6)3-8/h7-8H,2-3H2,1H3. The van der Waals surface area contributed by atoms with Gasteiger partial charge in [0.15, 0.2) is 0 Å². The Balaban J connectivity index is 3.46. The second-order valence-electron chi connectivity index (χ2n) is 1.27. The first-order valence-electron chi connectivity index (χ1n) is 2.32. The minimum absolute atomic E-state index is 0.0599. The summed E-state index contributed by atoms with van der Waals surface area (Å²) in [6.07, 6.45) is 0. The van der Waals surface area contributed by atoms with E-state index in [1.165, 1.54) is 0 Å². The number of rotatable bonds is 2. The van der Waals surface area contributed by atoms with Crippen LogP contribution < -0.4 is 0 Å². The molecule has 0 atom stereocenters. The molecular formula is C4H9NO2S. The SMILES string of the molecule is CCN(O)C(=O)CS. The van der Waals surface area contributed by atoms with Crippen LogP contribution in [0.2, 0.25) is 0 Å². The van der Waals surface area contributed by atoms with Crippen molar-refractivity contribution in [3.05, 3.63) is 0 Å². The van der Waals surface area contributed by atoms with Gasteiger partial charge in [-0.3, -0.25) is 10.0 Å². The minimum atomic E-state index is -0.365. The van der Waals surface area contributed by atoms with Crippen LogP contribution in [0.5, 0.6) is 0 Å². The number of hydroxylamine groups is 2. The van der Waals surface area contributed by atoms with Gasteiger partial charge in [0, 0.05) is 6.54 Å². The van der Waals surface area contributed by atoms with Crippen molar-refractivity contribution in [2.24, 2.45) is 0 Å². The number of hydrogen-bond acceptors (Lipinski definition) is 3. The summed E-state index contributed by atoms with van der Waals surface area (Å²) in [5.74, 6) is -0.305. The summed E-state index contributed by atoms with van der Waals surface area (Å²) in [5.41, 5.74) is 0. The monoisotopic (exact) mass is 135 g/mol. The van der Waals surface area contributed by atoms with Crippen molar-refractivity contribution in [2.75, 3.05) is 12.3 Å². The van der Waals surface area contributed by atoms with Crippen molar-refractivity contribution in [1.82, 2.24) is 5.06 Å². The van der Waals surface area contributed by atoms with Gasteiger partial charge < -0.3 is 0 Å². The first kappa shape index (κ1) is 7.78. The Labute approximate surface area is 53.7 Å². The molecule has 0 saturated heterocycles. The molecule has 0 fully saturated rings. The van der Waals surface area contributed by atoms with Crippen LogP contribution >= 0.6 is 12.6 Å². The molecule has 3 nitrogen and oxygen atoms in total. The summed E-state index contributed by atoms with van der Waals surface area (Å²) in [6, 6.07) is 0. The molecule has 8 heavy (non-hydrogen) atoms. The van der Waals surface area contributed by atoms with E-state index in [9.17, 15) is 4.79 Å². The molecule has 4 heteroatoms. The lowest BCUT2D eigenvalue weighted by molar-refractivity contribution is -0.160. The first-order chi connectivity index (χ1) is 3.72. The predicted molar refractivity (Wildman–Crippen MR) is 33.0 cm³/mol. The van der Waals surface area contributed by atoms with E-state index in [-0.39, 0.29) is 11.7 Å². The van der Waals surface area contributed by atoms with Gasteiger partial charge in [0.1, 0.15) is 0 Å². The normalized spacial score (nSPS) is 8.88. The average molecular weight is 135 g/mol. The molecule has 0 aliphatic carbocycles. The fraction of sp³-hybridized carbons (Fsp3) is 0.750. The molecule has 0 bridgehead atoms. The summed E-state index contributed by atoms with van der Waals surface area (Å²) in [7, 11) is 0. The number of amides is 1. The van der Waals surface area contributed by atoms with Crippen LogP contribution in [-0.4, -0.2) is 28.5 Å².